The molecular weight excluding hydrogens is 236 g/mol. The van der Waals surface area contributed by atoms with Gasteiger partial charge in [-0.15, -0.1) is 0 Å². The van der Waals surface area contributed by atoms with E-state index in [0.717, 1.165) is 32.2 Å². The molecule has 3 nitrogen and oxygen atoms in total. The molecule has 1 unspecified atom stereocenters. The van der Waals surface area contributed by atoms with Gasteiger partial charge in [0.2, 0.25) is 0 Å². The van der Waals surface area contributed by atoms with Gasteiger partial charge in [0.15, 0.2) is 0 Å². The summed E-state index contributed by atoms with van der Waals surface area (Å²) in [6.45, 7) is 12.6. The molecule has 0 aromatic rings. The molecular formula is C16H32N2O. The summed E-state index contributed by atoms with van der Waals surface area (Å²) in [4.78, 5) is 2.68. The van der Waals surface area contributed by atoms with E-state index in [1.54, 1.807) is 0 Å². The molecule has 0 bridgehead atoms. The summed E-state index contributed by atoms with van der Waals surface area (Å²) >= 11 is 0. The summed E-state index contributed by atoms with van der Waals surface area (Å²) in [6, 6.07) is 0. The highest BCUT2D eigenvalue weighted by atomic mass is 16.5. The Balaban J connectivity index is 1.85. The molecule has 0 amide bonds. The number of hydrogen-bond donors (Lipinski definition) is 1. The van der Waals surface area contributed by atoms with Gasteiger partial charge in [-0.05, 0) is 57.7 Å². The highest BCUT2D eigenvalue weighted by Gasteiger charge is 2.35. The van der Waals surface area contributed by atoms with Crippen molar-refractivity contribution in [2.75, 3.05) is 45.9 Å². The third-order valence-corrected chi connectivity index (χ3v) is 4.77. The fraction of sp³-hybridized carbons (Fsp3) is 1.00. The molecule has 2 fully saturated rings. The lowest BCUT2D eigenvalue weighted by Crippen LogP contribution is -2.50. The molecule has 2 heterocycles. The number of piperidine rings is 1. The zero-order chi connectivity index (χ0) is 13.6. The van der Waals surface area contributed by atoms with Crippen LogP contribution in [0.1, 0.15) is 46.0 Å². The van der Waals surface area contributed by atoms with Crippen LogP contribution in [0.4, 0.5) is 0 Å². The predicted octanol–water partition coefficient (Wildman–Crippen LogP) is 2.51. The first-order valence-electron chi connectivity index (χ1n) is 8.25. The smallest absolute Gasteiger partial charge is 0.0546 e. The first kappa shape index (κ1) is 15.3. The SMILES string of the molecule is CCCNCC1(CN2CCC(C)CC2)CCCOC1. The molecule has 112 valence electrons. The molecule has 0 radical (unpaired) electrons. The summed E-state index contributed by atoms with van der Waals surface area (Å²) in [5, 5.41) is 3.64. The Morgan fingerprint density at radius 3 is 2.74 bits per heavy atom. The molecule has 0 aliphatic carbocycles. The van der Waals surface area contributed by atoms with Crippen molar-refractivity contribution in [3.63, 3.8) is 0 Å². The van der Waals surface area contributed by atoms with Crippen LogP contribution in [0.25, 0.3) is 0 Å². The Morgan fingerprint density at radius 1 is 1.32 bits per heavy atom. The average Bonchev–Trinajstić information content (AvgIpc) is 2.43. The summed E-state index contributed by atoms with van der Waals surface area (Å²) in [5.41, 5.74) is 0.369. The van der Waals surface area contributed by atoms with E-state index in [2.05, 4.69) is 24.1 Å². The van der Waals surface area contributed by atoms with Gasteiger partial charge in [0, 0.05) is 25.1 Å². The zero-order valence-corrected chi connectivity index (χ0v) is 12.9. The second-order valence-electron chi connectivity index (χ2n) is 6.79. The van der Waals surface area contributed by atoms with E-state index < -0.39 is 0 Å². The first-order chi connectivity index (χ1) is 9.24. The van der Waals surface area contributed by atoms with E-state index in [4.69, 9.17) is 4.74 Å². The molecule has 0 aromatic heterocycles. The van der Waals surface area contributed by atoms with Crippen molar-refractivity contribution < 1.29 is 4.74 Å². The Hall–Kier alpha value is -0.120. The maximum Gasteiger partial charge on any atom is 0.0546 e. The van der Waals surface area contributed by atoms with Gasteiger partial charge in [-0.2, -0.15) is 0 Å². The van der Waals surface area contributed by atoms with E-state index in [1.165, 1.54) is 51.7 Å². The first-order valence-corrected chi connectivity index (χ1v) is 8.25. The molecule has 19 heavy (non-hydrogen) atoms. The molecule has 2 rings (SSSR count). The largest absolute Gasteiger partial charge is 0.381 e. The third-order valence-electron chi connectivity index (χ3n) is 4.77. The van der Waals surface area contributed by atoms with E-state index in [9.17, 15) is 0 Å². The van der Waals surface area contributed by atoms with Gasteiger partial charge in [0.25, 0.3) is 0 Å². The van der Waals surface area contributed by atoms with Gasteiger partial charge in [-0.3, -0.25) is 0 Å². The molecule has 2 aliphatic heterocycles. The van der Waals surface area contributed by atoms with Crippen LogP contribution in [0.3, 0.4) is 0 Å². The Morgan fingerprint density at radius 2 is 2.11 bits per heavy atom. The molecule has 0 saturated carbocycles. The molecule has 1 N–H and O–H groups in total. The monoisotopic (exact) mass is 268 g/mol. The van der Waals surface area contributed by atoms with Crippen molar-refractivity contribution >= 4 is 0 Å². The van der Waals surface area contributed by atoms with Crippen molar-refractivity contribution in [3.05, 3.63) is 0 Å². The zero-order valence-electron chi connectivity index (χ0n) is 12.9. The number of ether oxygens (including phenoxy) is 1. The maximum atomic E-state index is 5.81. The standard InChI is InChI=1S/C16H32N2O/c1-3-8-17-12-16(7-4-11-19-14-16)13-18-9-5-15(2)6-10-18/h15,17H,3-14H2,1-2H3. The van der Waals surface area contributed by atoms with Gasteiger partial charge in [-0.25, -0.2) is 0 Å². The molecule has 0 spiro atoms. The Kier molecular flexibility index (Phi) is 6.11. The van der Waals surface area contributed by atoms with Crippen molar-refractivity contribution in [1.82, 2.24) is 10.2 Å². The van der Waals surface area contributed by atoms with Gasteiger partial charge in [0.1, 0.15) is 0 Å². The van der Waals surface area contributed by atoms with Crippen molar-refractivity contribution in [2.24, 2.45) is 11.3 Å². The van der Waals surface area contributed by atoms with Crippen LogP contribution in [0.2, 0.25) is 0 Å². The molecule has 3 heteroatoms. The highest BCUT2D eigenvalue weighted by Crippen LogP contribution is 2.30. The van der Waals surface area contributed by atoms with Crippen LogP contribution in [-0.2, 0) is 4.74 Å². The normalized spacial score (nSPS) is 30.6. The summed E-state index contributed by atoms with van der Waals surface area (Å²) < 4.78 is 5.81. The summed E-state index contributed by atoms with van der Waals surface area (Å²) in [6.07, 6.45) is 6.53. The molecule has 1 atom stereocenters. The second-order valence-corrected chi connectivity index (χ2v) is 6.79. The Labute approximate surface area is 119 Å². The van der Waals surface area contributed by atoms with Crippen LogP contribution >= 0.6 is 0 Å². The lowest BCUT2D eigenvalue weighted by molar-refractivity contribution is -0.0303. The van der Waals surface area contributed by atoms with Crippen molar-refractivity contribution in [2.45, 2.75) is 46.0 Å². The summed E-state index contributed by atoms with van der Waals surface area (Å²) in [7, 11) is 0. The number of nitrogens with zero attached hydrogens (tertiary/aromatic N) is 1. The third kappa shape index (κ3) is 4.73. The molecule has 0 aromatic carbocycles. The van der Waals surface area contributed by atoms with Crippen molar-refractivity contribution in [3.8, 4) is 0 Å². The van der Waals surface area contributed by atoms with Crippen molar-refractivity contribution in [1.29, 1.82) is 0 Å². The van der Waals surface area contributed by atoms with Gasteiger partial charge >= 0.3 is 0 Å². The summed E-state index contributed by atoms with van der Waals surface area (Å²) in [5.74, 6) is 0.924. The van der Waals surface area contributed by atoms with Crippen LogP contribution in [-0.4, -0.2) is 50.8 Å². The van der Waals surface area contributed by atoms with Gasteiger partial charge in [-0.1, -0.05) is 13.8 Å². The minimum absolute atomic E-state index is 0.369. The topological polar surface area (TPSA) is 24.5 Å². The highest BCUT2D eigenvalue weighted by molar-refractivity contribution is 4.88. The lowest BCUT2D eigenvalue weighted by atomic mass is 9.81. The van der Waals surface area contributed by atoms with E-state index in [1.807, 2.05) is 0 Å². The van der Waals surface area contributed by atoms with Gasteiger partial charge in [0.05, 0.1) is 6.61 Å². The fourth-order valence-electron chi connectivity index (χ4n) is 3.45. The van der Waals surface area contributed by atoms with Crippen LogP contribution in [0, 0.1) is 11.3 Å². The second kappa shape index (κ2) is 7.61. The number of nitrogens with one attached hydrogen (secondary N) is 1. The Bertz CT molecular complexity index is 243. The quantitative estimate of drug-likeness (QED) is 0.749. The molecule has 2 saturated heterocycles. The van der Waals surface area contributed by atoms with E-state index in [0.29, 0.717) is 5.41 Å². The number of likely N-dealkylation sites (tertiary alicyclic amines) is 1. The predicted molar refractivity (Wildman–Crippen MR) is 80.5 cm³/mol. The van der Waals surface area contributed by atoms with Crippen LogP contribution in [0.5, 0.6) is 0 Å². The van der Waals surface area contributed by atoms with E-state index >= 15 is 0 Å². The maximum absolute atomic E-state index is 5.81. The fourth-order valence-corrected chi connectivity index (χ4v) is 3.45. The number of rotatable bonds is 6. The average molecular weight is 268 g/mol. The molecule has 2 aliphatic rings. The van der Waals surface area contributed by atoms with E-state index in [-0.39, 0.29) is 0 Å². The number of hydrogen-bond acceptors (Lipinski definition) is 3. The minimum Gasteiger partial charge on any atom is -0.381 e. The van der Waals surface area contributed by atoms with Crippen LogP contribution in [0.15, 0.2) is 0 Å². The van der Waals surface area contributed by atoms with Crippen LogP contribution < -0.4 is 5.32 Å². The van der Waals surface area contributed by atoms with Gasteiger partial charge < -0.3 is 15.0 Å². The minimum atomic E-state index is 0.369. The lowest BCUT2D eigenvalue weighted by Gasteiger charge is -2.43.